The van der Waals surface area contributed by atoms with Crippen LogP contribution in [0.1, 0.15) is 98.3 Å². The lowest BCUT2D eigenvalue weighted by Crippen LogP contribution is -2.36. The van der Waals surface area contributed by atoms with Gasteiger partial charge in [0.25, 0.3) is 5.91 Å². The number of anilines is 2. The minimum atomic E-state index is -0.254. The number of nitrogen functional groups attached to an aromatic ring is 1. The molecule has 58 heavy (non-hydrogen) atoms. The fraction of sp³-hybridized carbons (Fsp3) is 0.409. The van der Waals surface area contributed by atoms with Gasteiger partial charge in [0.2, 0.25) is 5.91 Å². The summed E-state index contributed by atoms with van der Waals surface area (Å²) in [6.07, 6.45) is 10.9. The average molecular weight is 1010 g/mol. The molecular formula is C44H52I2N10O2. The zero-order valence-electron chi connectivity index (χ0n) is 33.5. The Balaban J connectivity index is 0.942. The second-order valence-corrected chi connectivity index (χ2v) is 18.0. The smallest absolute Gasteiger partial charge is 0.255 e. The third kappa shape index (κ3) is 9.33. The van der Waals surface area contributed by atoms with E-state index in [9.17, 15) is 9.59 Å². The number of imidazole rings is 1. The lowest BCUT2D eigenvalue weighted by Gasteiger charge is -2.32. The van der Waals surface area contributed by atoms with Gasteiger partial charge in [-0.25, -0.2) is 15.0 Å². The second-order valence-electron chi connectivity index (χ2n) is 15.4. The molecule has 2 aromatic carbocycles. The van der Waals surface area contributed by atoms with Crippen molar-refractivity contribution in [3.05, 3.63) is 88.5 Å². The van der Waals surface area contributed by atoms with E-state index >= 15 is 0 Å². The van der Waals surface area contributed by atoms with Crippen molar-refractivity contribution < 1.29 is 9.59 Å². The average Bonchev–Trinajstić information content (AvgIpc) is 3.52. The number of carbonyl (C=O) groups is 2. The van der Waals surface area contributed by atoms with Crippen molar-refractivity contribution in [2.24, 2.45) is 10.7 Å². The first-order valence-corrected chi connectivity index (χ1v) is 23.1. The number of benzene rings is 2. The van der Waals surface area contributed by atoms with E-state index in [1.807, 2.05) is 35.2 Å². The molecule has 0 fully saturated rings. The summed E-state index contributed by atoms with van der Waals surface area (Å²) in [4.78, 5) is 50.3. The van der Waals surface area contributed by atoms with Gasteiger partial charge in [0.1, 0.15) is 17.2 Å². The standard InChI is InChI=1S/C44H52I2N10O2/c1-4-18-54(20-17-45)44(58)30-21-28-14-15-29(23-36(28)51-38(47)24-30)43(57)50-32-22-31-26-55(19-16-34(31)49-25-32)37(46)12-6-5-7-13-39-53-40-41(56(39)27(2)3)33-10-8-9-11-35(33)52-42(40)48/h8-11,14-15,21-23,25,27,37H,4-7,12-13,16-20,24,26H2,1-3H3,(H2,47,51)(H2,48,52)(H,50,57). The SMILES string of the molecule is CCCN(CCI)C(=O)C1=Cc2ccc(C(=O)Nc3cnc4c(c3)CN(C(I)CCCCCc3nc5c(N)nc6ccccc6c5n3C(C)C)CC4)cc2N=C(N)C1. The maximum atomic E-state index is 13.5. The van der Waals surface area contributed by atoms with Crippen molar-refractivity contribution >= 4 is 108 Å². The minimum Gasteiger partial charge on any atom is -0.387 e. The third-order valence-corrected chi connectivity index (χ3v) is 12.8. The number of aryl methyl sites for hydroxylation is 1. The number of hydrogen-bond donors (Lipinski definition) is 3. The molecular weight excluding hydrogens is 954 g/mol. The number of nitrogens with two attached hydrogens (primary N) is 2. The predicted molar refractivity (Wildman–Crippen MR) is 252 cm³/mol. The van der Waals surface area contributed by atoms with E-state index < -0.39 is 0 Å². The number of nitrogens with zero attached hydrogens (tertiary/aromatic N) is 7. The maximum absolute atomic E-state index is 13.5. The molecule has 2 aliphatic rings. The lowest BCUT2D eigenvalue weighted by atomic mass is 10.0. The van der Waals surface area contributed by atoms with E-state index in [-0.39, 0.29) is 24.3 Å². The van der Waals surface area contributed by atoms with Gasteiger partial charge in [0.15, 0.2) is 5.82 Å². The van der Waals surface area contributed by atoms with Gasteiger partial charge >= 0.3 is 0 Å². The summed E-state index contributed by atoms with van der Waals surface area (Å²) in [5.74, 6) is 1.64. The van der Waals surface area contributed by atoms with Crippen molar-refractivity contribution in [3.8, 4) is 0 Å². The third-order valence-electron chi connectivity index (χ3n) is 10.9. The molecule has 7 rings (SSSR count). The molecule has 5 aromatic rings. The van der Waals surface area contributed by atoms with Gasteiger partial charge in [-0.3, -0.25) is 19.5 Å². The van der Waals surface area contributed by atoms with Gasteiger partial charge in [-0.1, -0.05) is 89.2 Å². The molecule has 2 aliphatic heterocycles. The number of para-hydroxylation sites is 1. The fourth-order valence-electron chi connectivity index (χ4n) is 8.07. The number of pyridine rings is 2. The number of amides is 2. The summed E-state index contributed by atoms with van der Waals surface area (Å²) < 4.78 is 3.59. The number of unbranched alkanes of at least 4 members (excludes halogenated alkanes) is 2. The molecule has 0 bridgehead atoms. The molecule has 0 aliphatic carbocycles. The van der Waals surface area contributed by atoms with Crippen LogP contribution in [0.3, 0.4) is 0 Å². The van der Waals surface area contributed by atoms with Gasteiger partial charge in [-0.15, -0.1) is 0 Å². The van der Waals surface area contributed by atoms with Crippen LogP contribution < -0.4 is 16.8 Å². The normalized spacial score (nSPS) is 14.8. The molecule has 12 nitrogen and oxygen atoms in total. The molecule has 0 spiro atoms. The van der Waals surface area contributed by atoms with Crippen molar-refractivity contribution in [1.82, 2.24) is 29.3 Å². The number of hydrogen-bond acceptors (Lipinski definition) is 9. The van der Waals surface area contributed by atoms with Gasteiger partial charge in [0, 0.05) is 83.7 Å². The summed E-state index contributed by atoms with van der Waals surface area (Å²) in [6, 6.07) is 15.8. The minimum absolute atomic E-state index is 0.0201. The van der Waals surface area contributed by atoms with Crippen LogP contribution in [0.15, 0.2) is 65.3 Å². The van der Waals surface area contributed by atoms with Crippen LogP contribution in [0.4, 0.5) is 17.2 Å². The summed E-state index contributed by atoms with van der Waals surface area (Å²) in [7, 11) is 0. The highest BCUT2D eigenvalue weighted by Crippen LogP contribution is 2.33. The topological polar surface area (TPSA) is 161 Å². The van der Waals surface area contributed by atoms with E-state index in [0.29, 0.717) is 51.3 Å². The van der Waals surface area contributed by atoms with Crippen LogP contribution in [0.2, 0.25) is 0 Å². The molecule has 5 heterocycles. The Hall–Kier alpha value is -4.16. The molecule has 0 saturated carbocycles. The number of fused-ring (bicyclic) bond motifs is 5. The number of rotatable bonds is 15. The number of halogens is 2. The Morgan fingerprint density at radius 2 is 1.86 bits per heavy atom. The molecule has 1 atom stereocenters. The maximum Gasteiger partial charge on any atom is 0.255 e. The highest BCUT2D eigenvalue weighted by molar-refractivity contribution is 14.1. The van der Waals surface area contributed by atoms with Crippen LogP contribution >= 0.6 is 45.2 Å². The number of aromatic nitrogens is 4. The summed E-state index contributed by atoms with van der Waals surface area (Å²) in [5.41, 5.74) is 20.8. The monoisotopic (exact) mass is 1010 g/mol. The molecule has 304 valence electrons. The number of amidine groups is 1. The van der Waals surface area contributed by atoms with Crippen LogP contribution in [0.5, 0.6) is 0 Å². The largest absolute Gasteiger partial charge is 0.387 e. The first-order valence-electron chi connectivity index (χ1n) is 20.3. The zero-order valence-corrected chi connectivity index (χ0v) is 37.8. The lowest BCUT2D eigenvalue weighted by molar-refractivity contribution is -0.126. The Morgan fingerprint density at radius 1 is 1.03 bits per heavy atom. The Morgan fingerprint density at radius 3 is 2.66 bits per heavy atom. The Labute approximate surface area is 367 Å². The summed E-state index contributed by atoms with van der Waals surface area (Å²) in [6.45, 7) is 9.59. The molecule has 5 N–H and O–H groups in total. The van der Waals surface area contributed by atoms with Crippen molar-refractivity contribution in [1.29, 1.82) is 0 Å². The number of nitrogens with one attached hydrogen (secondary N) is 1. The molecule has 1 unspecified atom stereocenters. The van der Waals surface area contributed by atoms with Crippen LogP contribution in [-0.2, 0) is 24.2 Å². The second kappa shape index (κ2) is 18.8. The predicted octanol–water partition coefficient (Wildman–Crippen LogP) is 8.77. The summed E-state index contributed by atoms with van der Waals surface area (Å²) in [5, 5.41) is 4.15. The zero-order chi connectivity index (χ0) is 40.9. The molecule has 0 saturated heterocycles. The van der Waals surface area contributed by atoms with Crippen molar-refractivity contribution in [3.63, 3.8) is 0 Å². The van der Waals surface area contributed by atoms with Gasteiger partial charge in [-0.2, -0.15) is 0 Å². The number of carbonyl (C=O) groups excluding carboxylic acids is 2. The number of alkyl halides is 2. The summed E-state index contributed by atoms with van der Waals surface area (Å²) >= 11 is 4.87. The van der Waals surface area contributed by atoms with Crippen LogP contribution in [0, 0.1) is 0 Å². The van der Waals surface area contributed by atoms with Crippen LogP contribution in [0.25, 0.3) is 28.0 Å². The first kappa shape index (κ1) is 42.0. The van der Waals surface area contributed by atoms with Crippen molar-refractivity contribution in [2.45, 2.75) is 88.8 Å². The Kier molecular flexibility index (Phi) is 13.6. The highest BCUT2D eigenvalue weighted by atomic mass is 127. The van der Waals surface area contributed by atoms with E-state index in [0.717, 1.165) is 107 Å². The van der Waals surface area contributed by atoms with E-state index in [2.05, 4.69) is 103 Å². The van der Waals surface area contributed by atoms with E-state index in [1.54, 1.807) is 18.3 Å². The van der Waals surface area contributed by atoms with Gasteiger partial charge in [0.05, 0.1) is 32.7 Å². The quantitative estimate of drug-likeness (QED) is 0.0406. The molecule has 0 radical (unpaired) electrons. The Bertz CT molecular complexity index is 2380. The van der Waals surface area contributed by atoms with Crippen molar-refractivity contribution in [2.75, 3.05) is 35.1 Å². The molecule has 2 amide bonds. The first-order chi connectivity index (χ1) is 28.0. The number of aliphatic imine (C=N–C) groups is 1. The highest BCUT2D eigenvalue weighted by Gasteiger charge is 2.25. The molecule has 14 heteroatoms. The fourth-order valence-corrected chi connectivity index (χ4v) is 9.57. The van der Waals surface area contributed by atoms with Gasteiger partial charge in [-0.05, 0) is 69.0 Å². The van der Waals surface area contributed by atoms with E-state index in [1.165, 1.54) is 0 Å². The van der Waals surface area contributed by atoms with E-state index in [4.69, 9.17) is 21.4 Å². The van der Waals surface area contributed by atoms with Gasteiger partial charge < -0.3 is 26.3 Å². The van der Waals surface area contributed by atoms with Crippen LogP contribution in [-0.4, -0.2) is 75.1 Å². The molecule has 3 aromatic heterocycles.